The van der Waals surface area contributed by atoms with Crippen LogP contribution in [0.25, 0.3) is 0 Å². The summed E-state index contributed by atoms with van der Waals surface area (Å²) in [6.07, 6.45) is 7.32. The Hall–Kier alpha value is -2.85. The Balaban J connectivity index is 1.59. The van der Waals surface area contributed by atoms with E-state index in [-0.39, 0.29) is 17.9 Å². The minimum Gasteiger partial charge on any atom is -0.619 e. The molecule has 2 atom stereocenters. The molecule has 1 aliphatic carbocycles. The second-order valence-electron chi connectivity index (χ2n) is 8.85. The lowest BCUT2D eigenvalue weighted by molar-refractivity contribution is -0.606. The van der Waals surface area contributed by atoms with E-state index in [0.29, 0.717) is 5.02 Å². The molecule has 2 unspecified atom stereocenters. The maximum atomic E-state index is 13.7. The van der Waals surface area contributed by atoms with Gasteiger partial charge in [0.25, 0.3) is 0 Å². The lowest BCUT2D eigenvalue weighted by Crippen LogP contribution is -2.48. The Morgan fingerprint density at radius 2 is 1.75 bits per heavy atom. The zero-order chi connectivity index (χ0) is 22.6. The predicted molar refractivity (Wildman–Crippen MR) is 127 cm³/mol. The highest BCUT2D eigenvalue weighted by Crippen LogP contribution is 2.41. The van der Waals surface area contributed by atoms with Crippen LogP contribution in [0.1, 0.15) is 55.2 Å². The summed E-state index contributed by atoms with van der Waals surface area (Å²) in [5.41, 5.74) is 2.54. The van der Waals surface area contributed by atoms with Crippen LogP contribution in [0.15, 0.2) is 79.1 Å². The number of pyridine rings is 1. The van der Waals surface area contributed by atoms with E-state index in [4.69, 9.17) is 11.6 Å². The van der Waals surface area contributed by atoms with Gasteiger partial charge >= 0.3 is 0 Å². The van der Waals surface area contributed by atoms with Gasteiger partial charge in [0.05, 0.1) is 5.41 Å². The molecule has 0 spiro atoms. The highest BCUT2D eigenvalue weighted by atomic mass is 35.5. The SMILES string of the molecule is CC(NC(=O)C1(c2ccc[n+]([O-])c2)CCCC1)C(Cc1ccc(Cl)cc1)c1ccccc1. The van der Waals surface area contributed by atoms with Crippen molar-refractivity contribution < 1.29 is 9.52 Å². The molecule has 2 aromatic carbocycles. The van der Waals surface area contributed by atoms with Crippen molar-refractivity contribution in [2.75, 3.05) is 0 Å². The van der Waals surface area contributed by atoms with Crippen LogP contribution in [-0.2, 0) is 16.6 Å². The maximum Gasteiger partial charge on any atom is 0.231 e. The Labute approximate surface area is 194 Å². The minimum atomic E-state index is -0.636. The number of hydrogen-bond acceptors (Lipinski definition) is 2. The zero-order valence-corrected chi connectivity index (χ0v) is 19.1. The molecule has 0 bridgehead atoms. The van der Waals surface area contributed by atoms with Gasteiger partial charge in [0.2, 0.25) is 5.91 Å². The summed E-state index contributed by atoms with van der Waals surface area (Å²) in [7, 11) is 0. The van der Waals surface area contributed by atoms with Gasteiger partial charge in [0, 0.05) is 28.6 Å². The number of nitrogens with one attached hydrogen (secondary N) is 1. The first-order chi connectivity index (χ1) is 15.5. The fraction of sp³-hybridized carbons (Fsp3) is 0.333. The van der Waals surface area contributed by atoms with Gasteiger partial charge in [-0.2, -0.15) is 4.73 Å². The average Bonchev–Trinajstić information content (AvgIpc) is 3.31. The number of carbonyl (C=O) groups excluding carboxylic acids is 1. The van der Waals surface area contributed by atoms with Crippen molar-refractivity contribution in [3.8, 4) is 0 Å². The molecular weight excluding hydrogens is 420 g/mol. The summed E-state index contributed by atoms with van der Waals surface area (Å²) in [6, 6.07) is 21.8. The molecule has 0 radical (unpaired) electrons. The second kappa shape index (κ2) is 9.74. The van der Waals surface area contributed by atoms with Gasteiger partial charge in [-0.15, -0.1) is 0 Å². The Bertz CT molecular complexity index is 1050. The van der Waals surface area contributed by atoms with E-state index in [1.165, 1.54) is 17.3 Å². The van der Waals surface area contributed by atoms with Gasteiger partial charge in [-0.1, -0.05) is 66.9 Å². The van der Waals surface area contributed by atoms with E-state index in [0.717, 1.165) is 42.4 Å². The van der Waals surface area contributed by atoms with E-state index in [2.05, 4.69) is 24.4 Å². The first-order valence-corrected chi connectivity index (χ1v) is 11.7. The number of halogens is 1. The normalized spacial score (nSPS) is 16.9. The summed E-state index contributed by atoms with van der Waals surface area (Å²) in [5.74, 6) is 0.130. The quantitative estimate of drug-likeness (QED) is 0.393. The number of benzene rings is 2. The second-order valence-corrected chi connectivity index (χ2v) is 9.29. The van der Waals surface area contributed by atoms with Crippen molar-refractivity contribution in [2.24, 2.45) is 0 Å². The van der Waals surface area contributed by atoms with Crippen molar-refractivity contribution in [1.29, 1.82) is 0 Å². The Kier molecular flexibility index (Phi) is 6.80. The van der Waals surface area contributed by atoms with Crippen molar-refractivity contribution in [2.45, 2.75) is 56.4 Å². The highest BCUT2D eigenvalue weighted by molar-refractivity contribution is 6.30. The van der Waals surface area contributed by atoms with Crippen LogP contribution in [0.3, 0.4) is 0 Å². The molecule has 0 aliphatic heterocycles. The standard InChI is InChI=1S/C27H29ClN2O2/c1-20(25(22-8-3-2-4-9-22)18-21-11-13-24(28)14-12-21)29-26(31)27(15-5-6-16-27)23-10-7-17-30(32)19-23/h2-4,7-14,17,19-20,25H,5-6,15-16,18H2,1H3,(H,29,31). The molecule has 4 nitrogen and oxygen atoms in total. The molecule has 1 fully saturated rings. The molecule has 4 rings (SSSR count). The third kappa shape index (κ3) is 4.81. The molecule has 32 heavy (non-hydrogen) atoms. The van der Waals surface area contributed by atoms with Crippen LogP contribution in [0.2, 0.25) is 5.02 Å². The molecule has 1 aromatic heterocycles. The number of amides is 1. The third-order valence-corrected chi connectivity index (χ3v) is 7.03. The van der Waals surface area contributed by atoms with Gasteiger partial charge in [-0.05, 0) is 55.5 Å². The van der Waals surface area contributed by atoms with Crippen LogP contribution < -0.4 is 10.0 Å². The summed E-state index contributed by atoms with van der Waals surface area (Å²) >= 11 is 6.07. The average molecular weight is 449 g/mol. The molecule has 1 heterocycles. The Morgan fingerprint density at radius 3 is 2.41 bits per heavy atom. The van der Waals surface area contributed by atoms with Gasteiger partial charge in [-0.25, -0.2) is 0 Å². The van der Waals surface area contributed by atoms with E-state index in [1.54, 1.807) is 12.3 Å². The van der Waals surface area contributed by atoms with Crippen molar-refractivity contribution in [1.82, 2.24) is 5.32 Å². The number of hydrogen-bond donors (Lipinski definition) is 1. The monoisotopic (exact) mass is 448 g/mol. The van der Waals surface area contributed by atoms with Crippen LogP contribution in [0, 0.1) is 5.21 Å². The fourth-order valence-corrected chi connectivity index (χ4v) is 5.09. The molecule has 1 N–H and O–H groups in total. The summed E-state index contributed by atoms with van der Waals surface area (Å²) < 4.78 is 0.791. The van der Waals surface area contributed by atoms with E-state index < -0.39 is 5.41 Å². The number of carbonyl (C=O) groups is 1. The van der Waals surface area contributed by atoms with Crippen molar-refractivity contribution >= 4 is 17.5 Å². The molecule has 5 heteroatoms. The summed E-state index contributed by atoms with van der Waals surface area (Å²) in [6.45, 7) is 2.08. The van der Waals surface area contributed by atoms with Crippen LogP contribution in [0.5, 0.6) is 0 Å². The lowest BCUT2D eigenvalue weighted by atomic mass is 9.78. The summed E-state index contributed by atoms with van der Waals surface area (Å²) in [5, 5.41) is 16.0. The van der Waals surface area contributed by atoms with Crippen molar-refractivity contribution in [3.63, 3.8) is 0 Å². The number of nitrogens with zero attached hydrogens (tertiary/aromatic N) is 1. The third-order valence-electron chi connectivity index (χ3n) is 6.78. The maximum absolute atomic E-state index is 13.7. The molecule has 1 amide bonds. The van der Waals surface area contributed by atoms with E-state index in [9.17, 15) is 10.0 Å². The van der Waals surface area contributed by atoms with Crippen LogP contribution in [0.4, 0.5) is 0 Å². The highest BCUT2D eigenvalue weighted by Gasteiger charge is 2.44. The minimum absolute atomic E-state index is 0.0192. The van der Waals surface area contributed by atoms with Crippen molar-refractivity contribution in [3.05, 3.63) is 106 Å². The van der Waals surface area contributed by atoms with Gasteiger partial charge in [0.15, 0.2) is 12.4 Å². The number of aromatic nitrogens is 1. The summed E-state index contributed by atoms with van der Waals surface area (Å²) in [4.78, 5) is 13.7. The molecular formula is C27H29ClN2O2. The largest absolute Gasteiger partial charge is 0.619 e. The molecule has 1 aliphatic rings. The Morgan fingerprint density at radius 1 is 1.06 bits per heavy atom. The molecule has 3 aromatic rings. The smallest absolute Gasteiger partial charge is 0.231 e. The van der Waals surface area contributed by atoms with Crippen LogP contribution in [-0.4, -0.2) is 11.9 Å². The molecule has 1 saturated carbocycles. The van der Waals surface area contributed by atoms with Gasteiger partial charge in [-0.3, -0.25) is 4.79 Å². The first kappa shape index (κ1) is 22.3. The van der Waals surface area contributed by atoms with Gasteiger partial charge < -0.3 is 10.5 Å². The zero-order valence-electron chi connectivity index (χ0n) is 18.3. The molecule has 166 valence electrons. The fourth-order valence-electron chi connectivity index (χ4n) is 4.97. The number of rotatable bonds is 7. The van der Waals surface area contributed by atoms with E-state index >= 15 is 0 Å². The van der Waals surface area contributed by atoms with Crippen LogP contribution >= 0.6 is 11.6 Å². The van der Waals surface area contributed by atoms with Gasteiger partial charge in [0.1, 0.15) is 0 Å². The lowest BCUT2D eigenvalue weighted by Gasteiger charge is -2.32. The van der Waals surface area contributed by atoms with E-state index in [1.807, 2.05) is 48.5 Å². The molecule has 0 saturated heterocycles. The predicted octanol–water partition coefficient (Wildman–Crippen LogP) is 5.32. The topological polar surface area (TPSA) is 56.0 Å². The first-order valence-electron chi connectivity index (χ1n) is 11.3.